The van der Waals surface area contributed by atoms with Crippen LogP contribution in [0.5, 0.6) is 0 Å². The Morgan fingerprint density at radius 3 is 2.29 bits per heavy atom. The highest BCUT2D eigenvalue weighted by atomic mass is 28.4. The lowest BCUT2D eigenvalue weighted by Crippen LogP contribution is -2.48. The number of carbonyl (C=O) groups is 2. The molecule has 0 unspecified atom stereocenters. The van der Waals surface area contributed by atoms with Gasteiger partial charge in [-0.1, -0.05) is 26.8 Å². The van der Waals surface area contributed by atoms with Crippen molar-refractivity contribution in [2.75, 3.05) is 6.61 Å². The van der Waals surface area contributed by atoms with Gasteiger partial charge in [0.25, 0.3) is 0 Å². The van der Waals surface area contributed by atoms with E-state index >= 15 is 0 Å². The quantitative estimate of drug-likeness (QED) is 0.359. The Labute approximate surface area is 186 Å². The predicted molar refractivity (Wildman–Crippen MR) is 120 cm³/mol. The van der Waals surface area contributed by atoms with E-state index in [1.54, 1.807) is 51.1 Å². The summed E-state index contributed by atoms with van der Waals surface area (Å²) < 4.78 is 23.4. The second-order valence-corrected chi connectivity index (χ2v) is 15.0. The SMILES string of the molecule is CC(C)(C)C(=O)O[C@@H]1C=C[C@H](OC(=O)c2ccccn2)[C@@H](CO[Si](C)(C)C(C)(C)C)O1. The van der Waals surface area contributed by atoms with E-state index in [0.717, 1.165) is 0 Å². The van der Waals surface area contributed by atoms with Crippen molar-refractivity contribution in [1.29, 1.82) is 0 Å². The Morgan fingerprint density at radius 1 is 1.06 bits per heavy atom. The van der Waals surface area contributed by atoms with Crippen LogP contribution in [0.1, 0.15) is 52.0 Å². The second-order valence-electron chi connectivity index (χ2n) is 10.2. The molecule has 1 aromatic rings. The summed E-state index contributed by atoms with van der Waals surface area (Å²) in [5.74, 6) is -0.934. The van der Waals surface area contributed by atoms with E-state index < -0.39 is 38.2 Å². The zero-order valence-corrected chi connectivity index (χ0v) is 20.8. The smallest absolute Gasteiger partial charge is 0.357 e. The van der Waals surface area contributed by atoms with Gasteiger partial charge >= 0.3 is 11.9 Å². The number of ether oxygens (including phenoxy) is 3. The highest BCUT2D eigenvalue weighted by molar-refractivity contribution is 6.74. The van der Waals surface area contributed by atoms with Crippen molar-refractivity contribution in [1.82, 2.24) is 4.98 Å². The third-order valence-corrected chi connectivity index (χ3v) is 10.0. The number of rotatable bonds is 6. The summed E-state index contributed by atoms with van der Waals surface area (Å²) in [6.07, 6.45) is 2.62. The first-order valence-corrected chi connectivity index (χ1v) is 13.4. The molecule has 0 amide bonds. The minimum atomic E-state index is -2.07. The molecule has 0 radical (unpaired) electrons. The molecule has 0 N–H and O–H groups in total. The van der Waals surface area contributed by atoms with Gasteiger partial charge in [0.05, 0.1) is 12.0 Å². The summed E-state index contributed by atoms with van der Waals surface area (Å²) in [5, 5.41) is 0.00966. The molecule has 0 saturated carbocycles. The minimum Gasteiger partial charge on any atom is -0.451 e. The Bertz CT molecular complexity index is 795. The molecule has 31 heavy (non-hydrogen) atoms. The predicted octanol–water partition coefficient (Wildman–Crippen LogP) is 4.50. The third kappa shape index (κ3) is 6.98. The van der Waals surface area contributed by atoms with Crippen LogP contribution >= 0.6 is 0 Å². The van der Waals surface area contributed by atoms with Gasteiger partial charge in [-0.25, -0.2) is 9.78 Å². The van der Waals surface area contributed by atoms with Crippen molar-refractivity contribution in [3.63, 3.8) is 0 Å². The molecule has 0 aliphatic carbocycles. The summed E-state index contributed by atoms with van der Waals surface area (Å²) in [6.45, 7) is 16.3. The normalized spacial score (nSPS) is 22.1. The standard InChI is InChI=1S/C23H35NO6Si/c1-22(2,3)21(26)30-19-13-12-17(29-20(25)16-11-9-10-14-24-16)18(28-19)15-27-31(7,8)23(4,5)6/h9-14,17-19H,15H2,1-8H3/t17-,18+,19+/m0/s1. The number of nitrogens with zero attached hydrogens (tertiary/aromatic N) is 1. The maximum Gasteiger partial charge on any atom is 0.357 e. The summed E-state index contributed by atoms with van der Waals surface area (Å²) in [5.41, 5.74) is -0.451. The van der Waals surface area contributed by atoms with Gasteiger partial charge in [-0.2, -0.15) is 0 Å². The van der Waals surface area contributed by atoms with E-state index in [0.29, 0.717) is 0 Å². The molecular weight excluding hydrogens is 414 g/mol. The van der Waals surface area contributed by atoms with Crippen LogP contribution in [0.3, 0.4) is 0 Å². The molecular formula is C23H35NO6Si. The van der Waals surface area contributed by atoms with Crippen molar-refractivity contribution in [2.24, 2.45) is 5.41 Å². The van der Waals surface area contributed by atoms with Gasteiger partial charge in [0, 0.05) is 6.20 Å². The molecule has 0 spiro atoms. The van der Waals surface area contributed by atoms with Gasteiger partial charge in [0.2, 0.25) is 6.29 Å². The highest BCUT2D eigenvalue weighted by Gasteiger charge is 2.40. The van der Waals surface area contributed by atoms with Crippen molar-refractivity contribution in [2.45, 2.75) is 78.2 Å². The van der Waals surface area contributed by atoms with Crippen LogP contribution in [0.2, 0.25) is 18.1 Å². The van der Waals surface area contributed by atoms with Crippen LogP contribution in [0, 0.1) is 5.41 Å². The fraction of sp³-hybridized carbons (Fsp3) is 0.609. The van der Waals surface area contributed by atoms with Gasteiger partial charge < -0.3 is 18.6 Å². The molecule has 172 valence electrons. The molecule has 2 rings (SSSR count). The molecule has 1 aliphatic heterocycles. The number of hydrogen-bond donors (Lipinski definition) is 0. The number of aromatic nitrogens is 1. The lowest BCUT2D eigenvalue weighted by molar-refractivity contribution is -0.199. The molecule has 0 saturated heterocycles. The van der Waals surface area contributed by atoms with Crippen LogP contribution in [-0.2, 0) is 23.4 Å². The van der Waals surface area contributed by atoms with E-state index in [4.69, 9.17) is 18.6 Å². The Hall–Kier alpha value is -2.03. The van der Waals surface area contributed by atoms with Gasteiger partial charge in [0.15, 0.2) is 8.32 Å². The average molecular weight is 450 g/mol. The minimum absolute atomic E-state index is 0.00966. The zero-order valence-electron chi connectivity index (χ0n) is 19.8. The van der Waals surface area contributed by atoms with Crippen LogP contribution < -0.4 is 0 Å². The molecule has 0 aromatic carbocycles. The lowest BCUT2D eigenvalue weighted by Gasteiger charge is -2.39. The Balaban J connectivity index is 2.16. The summed E-state index contributed by atoms with van der Waals surface area (Å²) >= 11 is 0. The van der Waals surface area contributed by atoms with Gasteiger partial charge in [0.1, 0.15) is 17.9 Å². The number of hydrogen-bond acceptors (Lipinski definition) is 7. The summed E-state index contributed by atoms with van der Waals surface area (Å²) in [4.78, 5) is 28.8. The van der Waals surface area contributed by atoms with E-state index in [1.165, 1.54) is 6.20 Å². The van der Waals surface area contributed by atoms with E-state index in [-0.39, 0.29) is 23.3 Å². The van der Waals surface area contributed by atoms with Crippen molar-refractivity contribution in [3.05, 3.63) is 42.2 Å². The first kappa shape index (κ1) is 25.2. The number of carbonyl (C=O) groups excluding carboxylic acids is 2. The monoisotopic (exact) mass is 449 g/mol. The van der Waals surface area contributed by atoms with E-state index in [9.17, 15) is 9.59 Å². The largest absolute Gasteiger partial charge is 0.451 e. The van der Waals surface area contributed by atoms with Gasteiger partial charge in [-0.15, -0.1) is 0 Å². The summed E-state index contributed by atoms with van der Waals surface area (Å²) in [7, 11) is -2.07. The zero-order chi connectivity index (χ0) is 23.4. The highest BCUT2D eigenvalue weighted by Crippen LogP contribution is 2.37. The topological polar surface area (TPSA) is 84.0 Å². The van der Waals surface area contributed by atoms with Crippen molar-refractivity contribution >= 4 is 20.3 Å². The van der Waals surface area contributed by atoms with Crippen LogP contribution in [-0.4, -0.2) is 50.3 Å². The molecule has 0 bridgehead atoms. The molecule has 0 fully saturated rings. The summed E-state index contributed by atoms with van der Waals surface area (Å²) in [6, 6.07) is 5.03. The van der Waals surface area contributed by atoms with E-state index in [1.807, 2.05) is 0 Å². The van der Waals surface area contributed by atoms with Crippen molar-refractivity contribution in [3.8, 4) is 0 Å². The molecule has 1 aromatic heterocycles. The van der Waals surface area contributed by atoms with Gasteiger partial charge in [-0.3, -0.25) is 4.79 Å². The van der Waals surface area contributed by atoms with Crippen LogP contribution in [0.4, 0.5) is 0 Å². The maximum atomic E-state index is 12.5. The number of esters is 2. The van der Waals surface area contributed by atoms with E-state index in [2.05, 4.69) is 38.8 Å². The fourth-order valence-electron chi connectivity index (χ4n) is 2.39. The Kier molecular flexibility index (Phi) is 7.83. The number of pyridine rings is 1. The van der Waals surface area contributed by atoms with Crippen LogP contribution in [0.25, 0.3) is 0 Å². The first-order chi connectivity index (χ1) is 14.2. The Morgan fingerprint density at radius 2 is 1.74 bits per heavy atom. The third-order valence-electron chi connectivity index (χ3n) is 5.50. The molecule has 3 atom stereocenters. The van der Waals surface area contributed by atoms with Gasteiger partial charge in [-0.05, 0) is 63.2 Å². The molecule has 2 heterocycles. The molecule has 7 nitrogen and oxygen atoms in total. The van der Waals surface area contributed by atoms with Crippen molar-refractivity contribution < 1.29 is 28.2 Å². The molecule has 8 heteroatoms. The second kappa shape index (κ2) is 9.63. The average Bonchev–Trinajstić information content (AvgIpc) is 2.67. The fourth-order valence-corrected chi connectivity index (χ4v) is 3.41. The molecule has 1 aliphatic rings. The lowest BCUT2D eigenvalue weighted by atomic mass is 9.97. The first-order valence-electron chi connectivity index (χ1n) is 10.5. The maximum absolute atomic E-state index is 12.5. The van der Waals surface area contributed by atoms with Crippen LogP contribution in [0.15, 0.2) is 36.5 Å².